The van der Waals surface area contributed by atoms with Gasteiger partial charge in [-0.2, -0.15) is 0 Å². The van der Waals surface area contributed by atoms with Crippen molar-refractivity contribution in [3.05, 3.63) is 130 Å². The molecule has 0 bridgehead atoms. The summed E-state index contributed by atoms with van der Waals surface area (Å²) in [6.45, 7) is 3.11. The molecule has 4 aromatic carbocycles. The summed E-state index contributed by atoms with van der Waals surface area (Å²) in [5.74, 6) is 4.60. The lowest BCUT2D eigenvalue weighted by atomic mass is 9.79. The van der Waals surface area contributed by atoms with Gasteiger partial charge in [0.2, 0.25) is 0 Å². The van der Waals surface area contributed by atoms with Crippen LogP contribution in [-0.2, 0) is 16.1 Å². The van der Waals surface area contributed by atoms with Gasteiger partial charge in [0.25, 0.3) is 5.91 Å². The Kier molecular flexibility index (Phi) is 11.3. The van der Waals surface area contributed by atoms with Crippen molar-refractivity contribution >= 4 is 23.5 Å². The summed E-state index contributed by atoms with van der Waals surface area (Å²) < 4.78 is 6.34. The van der Waals surface area contributed by atoms with Crippen molar-refractivity contribution in [2.75, 3.05) is 13.2 Å². The number of nitrogens with zero attached hydrogens (tertiary/aromatic N) is 1. The van der Waals surface area contributed by atoms with Gasteiger partial charge >= 0.3 is 5.97 Å². The van der Waals surface area contributed by atoms with Crippen molar-refractivity contribution in [3.8, 4) is 11.1 Å². The number of carbonyl (C=O) groups is 2. The monoisotopic (exact) mass is 584 g/mol. The van der Waals surface area contributed by atoms with Crippen molar-refractivity contribution in [1.29, 1.82) is 0 Å². The molecule has 4 rings (SSSR count). The minimum Gasteiger partial charge on any atom is -0.481 e. The van der Waals surface area contributed by atoms with Crippen LogP contribution in [0.1, 0.15) is 65.1 Å². The van der Waals surface area contributed by atoms with Crippen LogP contribution in [0.5, 0.6) is 0 Å². The van der Waals surface area contributed by atoms with E-state index in [1.165, 1.54) is 11.1 Å². The quantitative estimate of drug-likeness (QED) is 0.0900. The molecule has 0 radical (unpaired) electrons. The predicted molar refractivity (Wildman–Crippen MR) is 167 cm³/mol. The van der Waals surface area contributed by atoms with E-state index in [9.17, 15) is 9.59 Å². The van der Waals surface area contributed by atoms with Crippen molar-refractivity contribution in [2.24, 2.45) is 5.84 Å². The molecule has 3 N–H and O–H groups in total. The molecule has 0 fully saturated rings. The largest absolute Gasteiger partial charge is 0.481 e. The third kappa shape index (κ3) is 8.52. The molecule has 0 spiro atoms. The van der Waals surface area contributed by atoms with Gasteiger partial charge in [-0.15, -0.1) is 0 Å². The van der Waals surface area contributed by atoms with Gasteiger partial charge < -0.3 is 9.84 Å². The molecule has 218 valence electrons. The van der Waals surface area contributed by atoms with Crippen LogP contribution in [-0.4, -0.2) is 35.1 Å². The van der Waals surface area contributed by atoms with Gasteiger partial charge in [-0.25, -0.2) is 5.84 Å². The van der Waals surface area contributed by atoms with Gasteiger partial charge in [0.15, 0.2) is 0 Å². The normalized spacial score (nSPS) is 12.5. The first kappa shape index (κ1) is 31.0. The number of halogens is 1. The summed E-state index contributed by atoms with van der Waals surface area (Å²) in [6, 6.07) is 34.1. The molecule has 4 aromatic rings. The Hall–Kier alpha value is -3.97. The number of carboxylic acids is 1. The Bertz CT molecular complexity index is 1430. The zero-order valence-corrected chi connectivity index (χ0v) is 24.5. The number of benzene rings is 4. The highest BCUT2D eigenvalue weighted by atomic mass is 35.5. The number of rotatable bonds is 14. The fourth-order valence-corrected chi connectivity index (χ4v) is 5.28. The lowest BCUT2D eigenvalue weighted by Gasteiger charge is -2.28. The van der Waals surface area contributed by atoms with Crippen molar-refractivity contribution in [1.82, 2.24) is 5.01 Å². The third-order valence-electron chi connectivity index (χ3n) is 7.42. The Morgan fingerprint density at radius 3 is 2.05 bits per heavy atom. The number of hydrogen-bond donors (Lipinski definition) is 2. The molecule has 2 atom stereocenters. The number of hydrogen-bond acceptors (Lipinski definition) is 4. The average Bonchev–Trinajstić information content (AvgIpc) is 3.02. The fraction of sp³-hybridized carbons (Fsp3) is 0.257. The maximum Gasteiger partial charge on any atom is 0.305 e. The summed E-state index contributed by atoms with van der Waals surface area (Å²) in [6.07, 6.45) is 1.69. The molecular weight excluding hydrogens is 548 g/mol. The van der Waals surface area contributed by atoms with E-state index in [1.54, 1.807) is 12.1 Å². The van der Waals surface area contributed by atoms with Crippen molar-refractivity contribution in [3.63, 3.8) is 0 Å². The number of ether oxygens (including phenoxy) is 1. The van der Waals surface area contributed by atoms with E-state index >= 15 is 0 Å². The van der Waals surface area contributed by atoms with Crippen LogP contribution in [0.3, 0.4) is 0 Å². The van der Waals surface area contributed by atoms with E-state index in [0.717, 1.165) is 34.5 Å². The molecular formula is C35H37ClN2O4. The molecule has 0 aromatic heterocycles. The van der Waals surface area contributed by atoms with Crippen LogP contribution in [0.15, 0.2) is 103 Å². The Balaban J connectivity index is 1.50. The molecule has 0 aliphatic rings. The van der Waals surface area contributed by atoms with Crippen LogP contribution in [0.2, 0.25) is 5.02 Å². The first-order chi connectivity index (χ1) is 20.4. The summed E-state index contributed by atoms with van der Waals surface area (Å²) in [5.41, 5.74) is 6.11. The summed E-state index contributed by atoms with van der Waals surface area (Å²) in [5, 5.41) is 10.5. The van der Waals surface area contributed by atoms with Gasteiger partial charge in [-0.1, -0.05) is 104 Å². The molecule has 0 aliphatic carbocycles. The van der Waals surface area contributed by atoms with Gasteiger partial charge in [0.1, 0.15) is 0 Å². The summed E-state index contributed by atoms with van der Waals surface area (Å²) in [7, 11) is 0. The van der Waals surface area contributed by atoms with E-state index in [1.807, 2.05) is 42.5 Å². The second-order valence-electron chi connectivity index (χ2n) is 10.4. The molecule has 1 amide bonds. The highest BCUT2D eigenvalue weighted by Crippen LogP contribution is 2.38. The van der Waals surface area contributed by atoms with E-state index in [-0.39, 0.29) is 24.8 Å². The van der Waals surface area contributed by atoms with Gasteiger partial charge in [0, 0.05) is 23.0 Å². The van der Waals surface area contributed by atoms with E-state index < -0.39 is 11.9 Å². The Morgan fingerprint density at radius 1 is 0.833 bits per heavy atom. The second kappa shape index (κ2) is 15.3. The second-order valence-corrected chi connectivity index (χ2v) is 10.8. The number of carboxylic acid groups (broad SMARTS) is 1. The van der Waals surface area contributed by atoms with E-state index in [0.29, 0.717) is 23.8 Å². The number of amides is 1. The molecule has 6 nitrogen and oxygen atoms in total. The first-order valence-electron chi connectivity index (χ1n) is 14.2. The Labute approximate surface area is 252 Å². The van der Waals surface area contributed by atoms with Crippen LogP contribution in [0, 0.1) is 0 Å². The number of hydrazine groups is 1. The molecule has 42 heavy (non-hydrogen) atoms. The lowest BCUT2D eigenvalue weighted by Crippen LogP contribution is -2.38. The average molecular weight is 585 g/mol. The summed E-state index contributed by atoms with van der Waals surface area (Å²) in [4.78, 5) is 23.6. The van der Waals surface area contributed by atoms with Crippen LogP contribution in [0.25, 0.3) is 11.1 Å². The molecule has 0 saturated heterocycles. The maximum atomic E-state index is 12.7. The molecule has 2 unspecified atom stereocenters. The van der Waals surface area contributed by atoms with Crippen LogP contribution >= 0.6 is 11.6 Å². The van der Waals surface area contributed by atoms with Crippen molar-refractivity contribution in [2.45, 2.75) is 44.6 Å². The van der Waals surface area contributed by atoms with Gasteiger partial charge in [-0.3, -0.25) is 14.6 Å². The first-order valence-corrected chi connectivity index (χ1v) is 14.6. The topological polar surface area (TPSA) is 92.9 Å². The van der Waals surface area contributed by atoms with Crippen LogP contribution in [0.4, 0.5) is 0 Å². The standard InChI is InChI=1S/C35H37ClN2O4/c1-2-6-32(28-13-15-30(16-14-28)35(41)38(37)22-21-34(39)40)33(29-17-19-31(36)20-18-29)24-42-23-25-9-11-27(12-10-25)26-7-4-3-5-8-26/h3-5,7-20,32-33H,2,6,21-24,37H2,1H3,(H,39,40). The van der Waals surface area contributed by atoms with Crippen molar-refractivity contribution < 1.29 is 19.4 Å². The lowest BCUT2D eigenvalue weighted by molar-refractivity contribution is -0.137. The highest BCUT2D eigenvalue weighted by Gasteiger charge is 2.25. The van der Waals surface area contributed by atoms with Gasteiger partial charge in [-0.05, 0) is 64.4 Å². The molecule has 0 saturated carbocycles. The zero-order valence-electron chi connectivity index (χ0n) is 23.8. The highest BCUT2D eigenvalue weighted by molar-refractivity contribution is 6.30. The fourth-order valence-electron chi connectivity index (χ4n) is 5.15. The summed E-state index contributed by atoms with van der Waals surface area (Å²) >= 11 is 6.22. The number of aliphatic carboxylic acids is 1. The van der Waals surface area contributed by atoms with E-state index in [2.05, 4.69) is 55.5 Å². The van der Waals surface area contributed by atoms with Crippen LogP contribution < -0.4 is 5.84 Å². The predicted octanol–water partition coefficient (Wildman–Crippen LogP) is 7.68. The SMILES string of the molecule is CCCC(c1ccc(C(=O)N(N)CCC(=O)O)cc1)C(COCc1ccc(-c2ccccc2)cc1)c1ccc(Cl)cc1. The zero-order chi connectivity index (χ0) is 29.9. The molecule has 0 heterocycles. The maximum absolute atomic E-state index is 12.7. The molecule has 7 heteroatoms. The third-order valence-corrected chi connectivity index (χ3v) is 7.68. The van der Waals surface area contributed by atoms with Gasteiger partial charge in [0.05, 0.1) is 19.6 Å². The smallest absolute Gasteiger partial charge is 0.305 e. The minimum absolute atomic E-state index is 0.0562. The minimum atomic E-state index is -1.00. The number of carbonyl (C=O) groups excluding carboxylic acids is 1. The van der Waals surface area contributed by atoms with E-state index in [4.69, 9.17) is 27.3 Å². The Morgan fingerprint density at radius 2 is 1.43 bits per heavy atom. The molecule has 0 aliphatic heterocycles. The number of nitrogens with two attached hydrogens (primary N) is 1.